The topological polar surface area (TPSA) is 78.4 Å². The van der Waals surface area contributed by atoms with Crippen LogP contribution in [0.15, 0.2) is 30.3 Å². The molecule has 0 aromatic heterocycles. The average molecular weight is 286 g/mol. The summed E-state index contributed by atoms with van der Waals surface area (Å²) in [4.78, 5) is 10.8. The molecule has 0 radical (unpaired) electrons. The Morgan fingerprint density at radius 1 is 1.14 bits per heavy atom. The summed E-state index contributed by atoms with van der Waals surface area (Å²) in [5.41, 5.74) is 9.21. The molecule has 0 fully saturated rings. The highest BCUT2D eigenvalue weighted by atomic mass is 16.6. The Hall–Kier alpha value is -2.40. The number of nitrogens with zero attached hydrogens (tertiary/aromatic N) is 1. The molecule has 5 heteroatoms. The number of ether oxygens (including phenoxy) is 1. The lowest BCUT2D eigenvalue weighted by molar-refractivity contribution is -0.385. The standard InChI is InChI=1S/C16H18N2O3/c1-10-6-12(3)16(15(7-10)18(19)20)21-14-5-4-13(9-17)11(2)8-14/h4-8H,9,17H2,1-3H3. The number of aryl methyl sites for hydroxylation is 3. The molecule has 2 aromatic rings. The largest absolute Gasteiger partial charge is 0.450 e. The van der Waals surface area contributed by atoms with Crippen LogP contribution in [0.5, 0.6) is 11.5 Å². The first-order chi connectivity index (χ1) is 9.92. The van der Waals surface area contributed by atoms with E-state index >= 15 is 0 Å². The maximum Gasteiger partial charge on any atom is 0.312 e. The second-order valence-electron chi connectivity index (χ2n) is 5.08. The molecule has 21 heavy (non-hydrogen) atoms. The Morgan fingerprint density at radius 2 is 1.86 bits per heavy atom. The lowest BCUT2D eigenvalue weighted by Crippen LogP contribution is -2.00. The molecule has 0 heterocycles. The van der Waals surface area contributed by atoms with Gasteiger partial charge in [0.05, 0.1) is 4.92 Å². The Kier molecular flexibility index (Phi) is 4.23. The molecule has 0 saturated carbocycles. The zero-order valence-corrected chi connectivity index (χ0v) is 12.3. The number of hydrogen-bond acceptors (Lipinski definition) is 4. The number of nitrogens with two attached hydrogens (primary N) is 1. The van der Waals surface area contributed by atoms with Crippen LogP contribution in [0.2, 0.25) is 0 Å². The van der Waals surface area contributed by atoms with Crippen molar-refractivity contribution >= 4 is 5.69 Å². The molecule has 2 aromatic carbocycles. The minimum Gasteiger partial charge on any atom is -0.450 e. The van der Waals surface area contributed by atoms with Crippen LogP contribution in [0.25, 0.3) is 0 Å². The minimum atomic E-state index is -0.420. The Morgan fingerprint density at radius 3 is 2.43 bits per heavy atom. The third kappa shape index (κ3) is 3.20. The van der Waals surface area contributed by atoms with Gasteiger partial charge in [0.15, 0.2) is 0 Å². The normalized spacial score (nSPS) is 10.5. The van der Waals surface area contributed by atoms with Gasteiger partial charge in [0.1, 0.15) is 5.75 Å². The quantitative estimate of drug-likeness (QED) is 0.685. The third-order valence-corrected chi connectivity index (χ3v) is 3.35. The van der Waals surface area contributed by atoms with Crippen molar-refractivity contribution in [2.24, 2.45) is 5.73 Å². The van der Waals surface area contributed by atoms with E-state index in [1.807, 2.05) is 32.0 Å². The summed E-state index contributed by atoms with van der Waals surface area (Å²) in [7, 11) is 0. The summed E-state index contributed by atoms with van der Waals surface area (Å²) in [6.45, 7) is 6.02. The molecule has 0 unspecified atom stereocenters. The zero-order valence-electron chi connectivity index (χ0n) is 12.3. The van der Waals surface area contributed by atoms with Crippen molar-refractivity contribution in [2.75, 3.05) is 0 Å². The van der Waals surface area contributed by atoms with Crippen molar-refractivity contribution in [3.63, 3.8) is 0 Å². The van der Waals surface area contributed by atoms with Crippen molar-refractivity contribution in [3.05, 3.63) is 62.7 Å². The van der Waals surface area contributed by atoms with Crippen LogP contribution in [-0.4, -0.2) is 4.92 Å². The molecule has 5 nitrogen and oxygen atoms in total. The molecule has 0 amide bonds. The van der Waals surface area contributed by atoms with Gasteiger partial charge in [0.2, 0.25) is 5.75 Å². The van der Waals surface area contributed by atoms with E-state index in [4.69, 9.17) is 10.5 Å². The minimum absolute atomic E-state index is 0.0203. The Balaban J connectivity index is 2.44. The average Bonchev–Trinajstić information content (AvgIpc) is 2.41. The van der Waals surface area contributed by atoms with Crippen LogP contribution in [0.4, 0.5) is 5.69 Å². The van der Waals surface area contributed by atoms with Gasteiger partial charge in [0.25, 0.3) is 0 Å². The second kappa shape index (κ2) is 5.93. The molecule has 110 valence electrons. The second-order valence-corrected chi connectivity index (χ2v) is 5.08. The first-order valence-corrected chi connectivity index (χ1v) is 6.65. The van der Waals surface area contributed by atoms with Crippen LogP contribution < -0.4 is 10.5 Å². The summed E-state index contributed by atoms with van der Waals surface area (Å²) >= 11 is 0. The summed E-state index contributed by atoms with van der Waals surface area (Å²) in [6, 6.07) is 8.87. The van der Waals surface area contributed by atoms with E-state index in [0.29, 0.717) is 12.3 Å². The van der Waals surface area contributed by atoms with E-state index in [-0.39, 0.29) is 11.4 Å². The van der Waals surface area contributed by atoms with E-state index in [2.05, 4.69) is 0 Å². The molecule has 2 rings (SSSR count). The summed E-state index contributed by atoms with van der Waals surface area (Å²) in [5, 5.41) is 11.2. The van der Waals surface area contributed by atoms with Gasteiger partial charge in [-0.2, -0.15) is 0 Å². The molecule has 0 aliphatic carbocycles. The van der Waals surface area contributed by atoms with Gasteiger partial charge >= 0.3 is 5.69 Å². The van der Waals surface area contributed by atoms with Gasteiger partial charge in [-0.15, -0.1) is 0 Å². The Bertz CT molecular complexity index is 696. The number of hydrogen-bond donors (Lipinski definition) is 1. The lowest BCUT2D eigenvalue weighted by Gasteiger charge is -2.12. The molecule has 0 aliphatic rings. The van der Waals surface area contributed by atoms with E-state index in [0.717, 1.165) is 22.3 Å². The smallest absolute Gasteiger partial charge is 0.312 e. The first-order valence-electron chi connectivity index (χ1n) is 6.65. The van der Waals surface area contributed by atoms with Crippen LogP contribution in [0, 0.1) is 30.9 Å². The highest BCUT2D eigenvalue weighted by Gasteiger charge is 2.19. The first kappa shape index (κ1) is 15.0. The van der Waals surface area contributed by atoms with Gasteiger partial charge in [-0.05, 0) is 55.2 Å². The highest BCUT2D eigenvalue weighted by molar-refractivity contribution is 5.55. The fourth-order valence-electron chi connectivity index (χ4n) is 2.28. The van der Waals surface area contributed by atoms with Crippen LogP contribution in [0.1, 0.15) is 22.3 Å². The SMILES string of the molecule is Cc1cc(C)c(Oc2ccc(CN)c(C)c2)c([N+](=O)[O-])c1. The molecular weight excluding hydrogens is 268 g/mol. The van der Waals surface area contributed by atoms with E-state index in [9.17, 15) is 10.1 Å². The molecule has 2 N–H and O–H groups in total. The van der Waals surface area contributed by atoms with Crippen LogP contribution in [0.3, 0.4) is 0 Å². The van der Waals surface area contributed by atoms with Gasteiger partial charge in [-0.25, -0.2) is 0 Å². The molecular formula is C16H18N2O3. The van der Waals surface area contributed by atoms with Crippen molar-refractivity contribution in [1.82, 2.24) is 0 Å². The monoisotopic (exact) mass is 286 g/mol. The van der Waals surface area contributed by atoms with Crippen LogP contribution in [-0.2, 0) is 6.54 Å². The summed E-state index contributed by atoms with van der Waals surface area (Å²) in [5.74, 6) is 0.852. The number of benzene rings is 2. The fourth-order valence-corrected chi connectivity index (χ4v) is 2.28. The molecule has 0 spiro atoms. The van der Waals surface area contributed by atoms with Gasteiger partial charge < -0.3 is 10.5 Å². The van der Waals surface area contributed by atoms with Crippen molar-refractivity contribution < 1.29 is 9.66 Å². The van der Waals surface area contributed by atoms with E-state index in [1.54, 1.807) is 13.0 Å². The maximum absolute atomic E-state index is 11.2. The predicted molar refractivity (Wildman–Crippen MR) is 81.7 cm³/mol. The molecule has 0 aliphatic heterocycles. The lowest BCUT2D eigenvalue weighted by atomic mass is 10.1. The maximum atomic E-state index is 11.2. The van der Waals surface area contributed by atoms with Crippen molar-refractivity contribution in [1.29, 1.82) is 0 Å². The summed E-state index contributed by atoms with van der Waals surface area (Å²) < 4.78 is 5.75. The van der Waals surface area contributed by atoms with Gasteiger partial charge in [-0.1, -0.05) is 12.1 Å². The van der Waals surface area contributed by atoms with Gasteiger partial charge in [0, 0.05) is 12.6 Å². The van der Waals surface area contributed by atoms with Crippen molar-refractivity contribution in [2.45, 2.75) is 27.3 Å². The van der Waals surface area contributed by atoms with E-state index < -0.39 is 4.92 Å². The summed E-state index contributed by atoms with van der Waals surface area (Å²) in [6.07, 6.45) is 0. The number of rotatable bonds is 4. The third-order valence-electron chi connectivity index (χ3n) is 3.35. The zero-order chi connectivity index (χ0) is 15.6. The number of nitro benzene ring substituents is 1. The molecule has 0 atom stereocenters. The van der Waals surface area contributed by atoms with Crippen molar-refractivity contribution in [3.8, 4) is 11.5 Å². The van der Waals surface area contributed by atoms with Crippen LogP contribution >= 0.6 is 0 Å². The number of nitro groups is 1. The van der Waals surface area contributed by atoms with E-state index in [1.165, 1.54) is 6.07 Å². The highest BCUT2D eigenvalue weighted by Crippen LogP contribution is 2.36. The molecule has 0 bridgehead atoms. The fraction of sp³-hybridized carbons (Fsp3) is 0.250. The predicted octanol–water partition coefficient (Wildman–Crippen LogP) is 3.77. The Labute approximate surface area is 123 Å². The molecule has 0 saturated heterocycles. The van der Waals surface area contributed by atoms with Gasteiger partial charge in [-0.3, -0.25) is 10.1 Å².